The predicted octanol–water partition coefficient (Wildman–Crippen LogP) is 4.17. The summed E-state index contributed by atoms with van der Waals surface area (Å²) in [5, 5.41) is 15.5. The fourth-order valence-corrected chi connectivity index (χ4v) is 4.06. The van der Waals surface area contributed by atoms with Gasteiger partial charge in [0, 0.05) is 12.1 Å². The van der Waals surface area contributed by atoms with Crippen LogP contribution in [0.4, 0.5) is 4.79 Å². The molecule has 3 amide bonds. The van der Waals surface area contributed by atoms with Gasteiger partial charge in [-0.25, -0.2) is 4.79 Å². The minimum Gasteiger partial charge on any atom is -0.444 e. The molecule has 202 valence electrons. The Hall–Kier alpha value is -3.39. The van der Waals surface area contributed by atoms with Crippen molar-refractivity contribution in [2.75, 3.05) is 6.61 Å². The van der Waals surface area contributed by atoms with Gasteiger partial charge in [-0.05, 0) is 72.1 Å². The number of amides is 3. The largest absolute Gasteiger partial charge is 0.444 e. The van der Waals surface area contributed by atoms with E-state index in [0.717, 1.165) is 16.7 Å². The number of ether oxygens (including phenoxy) is 1. The molecule has 8 heteroatoms. The van der Waals surface area contributed by atoms with Crippen LogP contribution in [0, 0.1) is 13.8 Å². The fourth-order valence-electron chi connectivity index (χ4n) is 4.06. The first-order valence-electron chi connectivity index (χ1n) is 12.5. The minimum absolute atomic E-state index is 0.285. The zero-order valence-corrected chi connectivity index (χ0v) is 23.2. The van der Waals surface area contributed by atoms with Crippen molar-refractivity contribution >= 4 is 17.9 Å². The van der Waals surface area contributed by atoms with E-state index < -0.39 is 41.8 Å². The molecule has 0 aliphatic heterocycles. The van der Waals surface area contributed by atoms with E-state index in [1.807, 2.05) is 83.1 Å². The third-order valence-corrected chi connectivity index (χ3v) is 5.67. The molecule has 37 heavy (non-hydrogen) atoms. The predicted molar refractivity (Wildman–Crippen MR) is 144 cm³/mol. The summed E-state index contributed by atoms with van der Waals surface area (Å²) in [6.07, 6.45) is -0.828. The molecule has 0 aliphatic carbocycles. The van der Waals surface area contributed by atoms with E-state index in [1.54, 1.807) is 20.8 Å². The van der Waals surface area contributed by atoms with Crippen LogP contribution in [0.15, 0.2) is 48.5 Å². The van der Waals surface area contributed by atoms with Gasteiger partial charge in [0.1, 0.15) is 17.7 Å². The second-order valence-corrected chi connectivity index (χ2v) is 11.2. The van der Waals surface area contributed by atoms with Crippen LogP contribution in [0.5, 0.6) is 0 Å². The van der Waals surface area contributed by atoms with Crippen molar-refractivity contribution in [2.45, 2.75) is 85.2 Å². The number of nitrogens with zero attached hydrogens (tertiary/aromatic N) is 1. The molecular formula is C29H41N3O5. The molecule has 2 aromatic rings. The molecular weight excluding hydrogens is 470 g/mol. The van der Waals surface area contributed by atoms with Crippen LogP contribution < -0.4 is 10.6 Å². The van der Waals surface area contributed by atoms with Crippen LogP contribution in [0.25, 0.3) is 0 Å². The van der Waals surface area contributed by atoms with E-state index in [9.17, 15) is 19.5 Å². The Labute approximate surface area is 220 Å². The van der Waals surface area contributed by atoms with Crippen LogP contribution >= 0.6 is 0 Å². The van der Waals surface area contributed by atoms with Crippen molar-refractivity contribution in [1.29, 1.82) is 0 Å². The molecule has 0 radical (unpaired) electrons. The molecule has 0 bridgehead atoms. The maximum absolute atomic E-state index is 13.9. The van der Waals surface area contributed by atoms with Gasteiger partial charge in [-0.3, -0.25) is 9.59 Å². The van der Waals surface area contributed by atoms with E-state index in [2.05, 4.69) is 10.6 Å². The fraction of sp³-hybridized carbons (Fsp3) is 0.483. The lowest BCUT2D eigenvalue weighted by atomic mass is 9.92. The number of carbonyl (C=O) groups is 3. The molecule has 2 unspecified atom stereocenters. The average Bonchev–Trinajstić information content (AvgIpc) is 2.78. The Kier molecular flexibility index (Phi) is 9.87. The number of carbonyl (C=O) groups excluding carboxylic acids is 3. The first-order chi connectivity index (χ1) is 17.1. The Bertz CT molecular complexity index is 1090. The lowest BCUT2D eigenvalue weighted by Gasteiger charge is -2.43. The van der Waals surface area contributed by atoms with E-state index >= 15 is 0 Å². The van der Waals surface area contributed by atoms with Gasteiger partial charge < -0.3 is 25.4 Å². The maximum Gasteiger partial charge on any atom is 0.408 e. The van der Waals surface area contributed by atoms with Crippen molar-refractivity contribution in [3.8, 4) is 0 Å². The van der Waals surface area contributed by atoms with Crippen molar-refractivity contribution in [3.63, 3.8) is 0 Å². The van der Waals surface area contributed by atoms with E-state index in [-0.39, 0.29) is 12.5 Å². The SMILES string of the molecule is Cc1ccc(C(C(=O)NCc2ccccc2)N(C(=O)C(CO)NC(=O)OC(C)(C)C)C(C)(C)C)c(C)c1. The Morgan fingerprint density at radius 1 is 0.973 bits per heavy atom. The summed E-state index contributed by atoms with van der Waals surface area (Å²) < 4.78 is 5.29. The standard InChI is InChI=1S/C29H41N3O5/c1-19-14-15-22(20(2)16-19)24(25(34)30-17-21-12-10-9-11-13-21)32(28(3,4)5)26(35)23(18-33)31-27(36)37-29(6,7)8/h9-16,23-24,33H,17-18H2,1-8H3,(H,30,34)(H,31,36). The van der Waals surface area contributed by atoms with E-state index in [1.165, 1.54) is 4.90 Å². The third-order valence-electron chi connectivity index (χ3n) is 5.67. The number of rotatable bonds is 8. The van der Waals surface area contributed by atoms with Crippen LogP contribution in [-0.4, -0.2) is 51.7 Å². The summed E-state index contributed by atoms with van der Waals surface area (Å²) in [5.41, 5.74) is 1.83. The highest BCUT2D eigenvalue weighted by Crippen LogP contribution is 2.32. The number of aliphatic hydroxyl groups excluding tert-OH is 1. The van der Waals surface area contributed by atoms with Crippen molar-refractivity contribution in [3.05, 3.63) is 70.8 Å². The quantitative estimate of drug-likeness (QED) is 0.493. The van der Waals surface area contributed by atoms with Crippen molar-refractivity contribution in [2.24, 2.45) is 0 Å². The third kappa shape index (κ3) is 8.60. The summed E-state index contributed by atoms with van der Waals surface area (Å²) in [4.78, 5) is 41.6. The molecule has 0 heterocycles. The number of benzene rings is 2. The van der Waals surface area contributed by atoms with Gasteiger partial charge in [-0.15, -0.1) is 0 Å². The van der Waals surface area contributed by atoms with Crippen LogP contribution in [0.1, 0.15) is 69.8 Å². The Balaban J connectivity index is 2.50. The molecule has 0 aromatic heterocycles. The normalized spacial score (nSPS) is 13.3. The molecule has 0 saturated heterocycles. The molecule has 2 rings (SSSR count). The second-order valence-electron chi connectivity index (χ2n) is 11.2. The lowest BCUT2D eigenvalue weighted by Crippen LogP contribution is -2.59. The Morgan fingerprint density at radius 3 is 2.11 bits per heavy atom. The van der Waals surface area contributed by atoms with Gasteiger partial charge in [0.2, 0.25) is 11.8 Å². The number of nitrogens with one attached hydrogen (secondary N) is 2. The first kappa shape index (κ1) is 29.8. The lowest BCUT2D eigenvalue weighted by molar-refractivity contribution is -0.149. The number of hydrogen-bond acceptors (Lipinski definition) is 5. The molecule has 2 aromatic carbocycles. The van der Waals surface area contributed by atoms with E-state index in [0.29, 0.717) is 5.56 Å². The van der Waals surface area contributed by atoms with Gasteiger partial charge in [-0.2, -0.15) is 0 Å². The molecule has 0 aliphatic rings. The van der Waals surface area contributed by atoms with Gasteiger partial charge in [0.05, 0.1) is 6.61 Å². The number of aryl methyl sites for hydroxylation is 2. The molecule has 2 atom stereocenters. The van der Waals surface area contributed by atoms with Gasteiger partial charge in [0.25, 0.3) is 0 Å². The maximum atomic E-state index is 13.9. The van der Waals surface area contributed by atoms with Gasteiger partial charge in [0.15, 0.2) is 0 Å². The molecule has 0 spiro atoms. The van der Waals surface area contributed by atoms with Crippen LogP contribution in [0.2, 0.25) is 0 Å². The molecule has 0 saturated carbocycles. The van der Waals surface area contributed by atoms with Crippen molar-refractivity contribution in [1.82, 2.24) is 15.5 Å². The topological polar surface area (TPSA) is 108 Å². The smallest absolute Gasteiger partial charge is 0.408 e. The van der Waals surface area contributed by atoms with Crippen molar-refractivity contribution < 1.29 is 24.2 Å². The Morgan fingerprint density at radius 2 is 1.59 bits per heavy atom. The minimum atomic E-state index is -1.30. The number of aliphatic hydroxyl groups is 1. The molecule has 0 fully saturated rings. The highest BCUT2D eigenvalue weighted by molar-refractivity contribution is 5.93. The van der Waals surface area contributed by atoms with Crippen LogP contribution in [0.3, 0.4) is 0 Å². The summed E-state index contributed by atoms with van der Waals surface area (Å²) in [6.45, 7) is 14.0. The highest BCUT2D eigenvalue weighted by atomic mass is 16.6. The zero-order chi connectivity index (χ0) is 28.0. The van der Waals surface area contributed by atoms with Crippen LogP contribution in [-0.2, 0) is 20.9 Å². The second kappa shape index (κ2) is 12.2. The summed E-state index contributed by atoms with van der Waals surface area (Å²) >= 11 is 0. The van der Waals surface area contributed by atoms with E-state index in [4.69, 9.17) is 4.74 Å². The van der Waals surface area contributed by atoms with Gasteiger partial charge >= 0.3 is 6.09 Å². The number of hydrogen-bond donors (Lipinski definition) is 3. The highest BCUT2D eigenvalue weighted by Gasteiger charge is 2.42. The first-order valence-corrected chi connectivity index (χ1v) is 12.5. The van der Waals surface area contributed by atoms with Gasteiger partial charge in [-0.1, -0.05) is 54.1 Å². The molecule has 8 nitrogen and oxygen atoms in total. The number of alkyl carbamates (subject to hydrolysis) is 1. The monoisotopic (exact) mass is 511 g/mol. The average molecular weight is 512 g/mol. The summed E-state index contributed by atoms with van der Waals surface area (Å²) in [6, 6.07) is 12.9. The zero-order valence-electron chi connectivity index (χ0n) is 23.2. The summed E-state index contributed by atoms with van der Waals surface area (Å²) in [5.74, 6) is -0.964. The summed E-state index contributed by atoms with van der Waals surface area (Å²) in [7, 11) is 0. The molecule has 3 N–H and O–H groups in total.